The quantitative estimate of drug-likeness (QED) is 0.0890. The lowest BCUT2D eigenvalue weighted by atomic mass is 9.98. The number of rotatable bonds is 9. The zero-order valence-corrected chi connectivity index (χ0v) is 23.7. The molecule has 0 bridgehead atoms. The molecular formula is C27H40N8O7. The van der Waals surface area contributed by atoms with Crippen molar-refractivity contribution in [2.45, 2.75) is 70.1 Å². The molecule has 1 aliphatic rings. The molecule has 1 aliphatic heterocycles. The zero-order valence-electron chi connectivity index (χ0n) is 23.7. The number of hydrogen-bond donors (Lipinski definition) is 8. The highest BCUT2D eigenvalue weighted by atomic mass is 16.4. The predicted molar refractivity (Wildman–Crippen MR) is 152 cm³/mol. The van der Waals surface area contributed by atoms with Gasteiger partial charge in [-0.15, -0.1) is 0 Å². The second-order valence-electron chi connectivity index (χ2n) is 10.3. The average Bonchev–Trinajstić information content (AvgIpc) is 2.91. The molecule has 0 radical (unpaired) electrons. The second kappa shape index (κ2) is 16.5. The van der Waals surface area contributed by atoms with E-state index in [4.69, 9.17) is 11.5 Å². The lowest BCUT2D eigenvalue weighted by Crippen LogP contribution is -2.58. The summed E-state index contributed by atoms with van der Waals surface area (Å²) in [5.41, 5.74) is 11.4. The number of amides is 5. The van der Waals surface area contributed by atoms with Crippen LogP contribution in [-0.4, -0.2) is 83.8 Å². The Balaban J connectivity index is 2.38. The van der Waals surface area contributed by atoms with Crippen LogP contribution in [0.25, 0.3) is 0 Å². The number of carbonyl (C=O) groups is 6. The molecule has 0 saturated carbocycles. The Hall–Kier alpha value is -4.69. The second-order valence-corrected chi connectivity index (χ2v) is 10.3. The first-order valence-corrected chi connectivity index (χ1v) is 13.6. The summed E-state index contributed by atoms with van der Waals surface area (Å²) in [7, 11) is 0. The average molecular weight is 589 g/mol. The maximum atomic E-state index is 13.5. The van der Waals surface area contributed by atoms with Crippen LogP contribution in [0.15, 0.2) is 35.3 Å². The van der Waals surface area contributed by atoms with Crippen molar-refractivity contribution in [2.24, 2.45) is 22.4 Å². The van der Waals surface area contributed by atoms with E-state index in [1.54, 1.807) is 44.2 Å². The van der Waals surface area contributed by atoms with Gasteiger partial charge in [-0.2, -0.15) is 0 Å². The van der Waals surface area contributed by atoms with E-state index in [0.717, 1.165) is 5.56 Å². The fraction of sp³-hybridized carbons (Fsp3) is 0.519. The number of nitrogens with one attached hydrogen (secondary N) is 5. The van der Waals surface area contributed by atoms with Gasteiger partial charge in [0, 0.05) is 25.4 Å². The molecule has 42 heavy (non-hydrogen) atoms. The summed E-state index contributed by atoms with van der Waals surface area (Å²) in [6.45, 7) is 3.21. The predicted octanol–water partition coefficient (Wildman–Crippen LogP) is -2.13. The third kappa shape index (κ3) is 11.8. The highest BCUT2D eigenvalue weighted by molar-refractivity contribution is 5.96. The summed E-state index contributed by atoms with van der Waals surface area (Å²) in [5, 5.41) is 22.1. The van der Waals surface area contributed by atoms with Gasteiger partial charge < -0.3 is 43.2 Å². The van der Waals surface area contributed by atoms with Gasteiger partial charge in [0.05, 0.1) is 13.0 Å². The Morgan fingerprint density at radius 2 is 1.55 bits per heavy atom. The Labute approximate surface area is 243 Å². The molecular weight excluding hydrogens is 548 g/mol. The number of nitrogens with two attached hydrogens (primary N) is 2. The standard InChI is InChI=1S/C27H40N8O7/c1-15(2)18-12-21(36)32-17(9-6-10-30-27(28)29)24(40)31-14-22(37)33-20(13-23(38)39)26(42)35-19(25(41)34-18)11-16-7-4-3-5-8-16/h3-5,7-8,15,17-20H,6,9-14H2,1-2H3,(H,31,40)(H,32,36)(H,33,37)(H,34,41)(H,35,42)(H,38,39)(H4,28,29,30). The summed E-state index contributed by atoms with van der Waals surface area (Å²) < 4.78 is 0. The molecule has 0 spiro atoms. The maximum absolute atomic E-state index is 13.5. The van der Waals surface area contributed by atoms with Gasteiger partial charge in [-0.1, -0.05) is 44.2 Å². The van der Waals surface area contributed by atoms with Crippen LogP contribution in [0.3, 0.4) is 0 Å². The van der Waals surface area contributed by atoms with Crippen LogP contribution < -0.4 is 38.1 Å². The summed E-state index contributed by atoms with van der Waals surface area (Å²) >= 11 is 0. The number of carbonyl (C=O) groups excluding carboxylic acids is 5. The first kappa shape index (κ1) is 33.5. The van der Waals surface area contributed by atoms with Crippen molar-refractivity contribution in [3.8, 4) is 0 Å². The Bertz CT molecular complexity index is 1150. The van der Waals surface area contributed by atoms with E-state index in [1.807, 2.05) is 0 Å². The first-order chi connectivity index (χ1) is 19.8. The number of aliphatic imine (C=N–C) groups is 1. The SMILES string of the molecule is CC(C)C1CC(=O)NC(CCCN=C(N)N)C(=O)NCC(=O)NC(CC(=O)O)C(=O)NC(Cc2ccccc2)C(=O)N1. The minimum atomic E-state index is -1.53. The van der Waals surface area contributed by atoms with Crippen molar-refractivity contribution in [1.29, 1.82) is 0 Å². The number of nitrogens with zero attached hydrogens (tertiary/aromatic N) is 1. The minimum Gasteiger partial charge on any atom is -0.481 e. The third-order valence-corrected chi connectivity index (χ3v) is 6.50. The lowest BCUT2D eigenvalue weighted by Gasteiger charge is -2.28. The number of carboxylic acids is 1. The number of hydrogen-bond acceptors (Lipinski definition) is 7. The van der Waals surface area contributed by atoms with Crippen molar-refractivity contribution in [3.05, 3.63) is 35.9 Å². The van der Waals surface area contributed by atoms with Gasteiger partial charge in [-0.25, -0.2) is 0 Å². The van der Waals surface area contributed by atoms with Crippen molar-refractivity contribution in [3.63, 3.8) is 0 Å². The van der Waals surface area contributed by atoms with Crippen LogP contribution in [0.2, 0.25) is 0 Å². The van der Waals surface area contributed by atoms with Crippen LogP contribution in [0.1, 0.15) is 45.1 Å². The molecule has 4 atom stereocenters. The summed E-state index contributed by atoms with van der Waals surface area (Å²) in [5.74, 6) is -5.22. The Kier molecular flexibility index (Phi) is 13.2. The first-order valence-electron chi connectivity index (χ1n) is 13.6. The number of guanidine groups is 1. The van der Waals surface area contributed by atoms with Gasteiger partial charge in [0.1, 0.15) is 18.1 Å². The van der Waals surface area contributed by atoms with Gasteiger partial charge in [0.25, 0.3) is 0 Å². The van der Waals surface area contributed by atoms with Crippen LogP contribution in [0.4, 0.5) is 0 Å². The van der Waals surface area contributed by atoms with Crippen molar-refractivity contribution in [2.75, 3.05) is 13.1 Å². The van der Waals surface area contributed by atoms with Crippen molar-refractivity contribution < 1.29 is 33.9 Å². The van der Waals surface area contributed by atoms with E-state index in [1.165, 1.54) is 0 Å². The molecule has 1 aromatic carbocycles. The normalized spacial score (nSPS) is 22.7. The van der Waals surface area contributed by atoms with Gasteiger partial charge in [0.15, 0.2) is 5.96 Å². The molecule has 0 aliphatic carbocycles. The smallest absolute Gasteiger partial charge is 0.305 e. The molecule has 10 N–H and O–H groups in total. The number of aliphatic carboxylic acids is 1. The highest BCUT2D eigenvalue weighted by Crippen LogP contribution is 2.11. The van der Waals surface area contributed by atoms with Gasteiger partial charge >= 0.3 is 5.97 Å². The molecule has 1 saturated heterocycles. The number of benzene rings is 1. The lowest BCUT2D eigenvalue weighted by molar-refractivity contribution is -0.141. The number of carboxylic acid groups (broad SMARTS) is 1. The van der Waals surface area contributed by atoms with Gasteiger partial charge in [-0.3, -0.25) is 33.8 Å². The van der Waals surface area contributed by atoms with E-state index in [9.17, 15) is 33.9 Å². The molecule has 2 rings (SSSR count). The molecule has 5 amide bonds. The van der Waals surface area contributed by atoms with Crippen LogP contribution in [-0.2, 0) is 35.2 Å². The minimum absolute atomic E-state index is 0.0666. The third-order valence-electron chi connectivity index (χ3n) is 6.50. The topological polar surface area (TPSA) is 247 Å². The molecule has 15 nitrogen and oxygen atoms in total. The highest BCUT2D eigenvalue weighted by Gasteiger charge is 2.32. The Morgan fingerprint density at radius 3 is 2.17 bits per heavy atom. The fourth-order valence-electron chi connectivity index (χ4n) is 4.21. The van der Waals surface area contributed by atoms with Crippen molar-refractivity contribution >= 4 is 41.5 Å². The molecule has 230 valence electrons. The van der Waals surface area contributed by atoms with Crippen LogP contribution in [0.5, 0.6) is 0 Å². The van der Waals surface area contributed by atoms with E-state index >= 15 is 0 Å². The Morgan fingerprint density at radius 1 is 0.905 bits per heavy atom. The van der Waals surface area contributed by atoms with E-state index in [2.05, 4.69) is 31.6 Å². The maximum Gasteiger partial charge on any atom is 0.305 e. The molecule has 4 unspecified atom stereocenters. The fourth-order valence-corrected chi connectivity index (χ4v) is 4.21. The monoisotopic (exact) mass is 588 g/mol. The van der Waals surface area contributed by atoms with E-state index in [0.29, 0.717) is 6.42 Å². The van der Waals surface area contributed by atoms with Crippen LogP contribution in [0, 0.1) is 5.92 Å². The van der Waals surface area contributed by atoms with E-state index < -0.39 is 72.6 Å². The van der Waals surface area contributed by atoms with E-state index in [-0.39, 0.29) is 37.7 Å². The molecule has 1 heterocycles. The summed E-state index contributed by atoms with van der Waals surface area (Å²) in [6.07, 6.45) is -0.400. The molecule has 1 aromatic rings. The van der Waals surface area contributed by atoms with Gasteiger partial charge in [-0.05, 0) is 24.3 Å². The molecule has 0 aromatic heterocycles. The molecule has 15 heteroatoms. The summed E-state index contributed by atoms with van der Waals surface area (Å²) in [6, 6.07) is 4.45. The van der Waals surface area contributed by atoms with Crippen LogP contribution >= 0.6 is 0 Å². The summed E-state index contributed by atoms with van der Waals surface area (Å²) in [4.78, 5) is 80.5. The molecule has 1 fully saturated rings. The van der Waals surface area contributed by atoms with Gasteiger partial charge in [0.2, 0.25) is 29.5 Å². The van der Waals surface area contributed by atoms with Crippen molar-refractivity contribution in [1.82, 2.24) is 26.6 Å². The zero-order chi connectivity index (χ0) is 31.2. The largest absolute Gasteiger partial charge is 0.481 e.